The fourth-order valence-electron chi connectivity index (χ4n) is 2.82. The van der Waals surface area contributed by atoms with E-state index in [1.807, 2.05) is 24.3 Å². The number of ether oxygens (including phenoxy) is 2. The van der Waals surface area contributed by atoms with E-state index in [1.54, 1.807) is 34.9 Å². The van der Waals surface area contributed by atoms with Gasteiger partial charge >= 0.3 is 0 Å². The number of thioether (sulfide) groups is 1. The van der Waals surface area contributed by atoms with Gasteiger partial charge in [-0.05, 0) is 30.7 Å². The lowest BCUT2D eigenvalue weighted by Crippen LogP contribution is -2.36. The first-order valence-electron chi connectivity index (χ1n) is 8.39. The minimum absolute atomic E-state index is 0.0877. The van der Waals surface area contributed by atoms with Gasteiger partial charge in [0.05, 0.1) is 24.4 Å². The second-order valence-corrected chi connectivity index (χ2v) is 7.48. The second-order valence-electron chi connectivity index (χ2n) is 6.00. The third kappa shape index (κ3) is 3.94. The Kier molecular flexibility index (Phi) is 5.69. The van der Waals surface area contributed by atoms with E-state index in [0.29, 0.717) is 28.9 Å². The quantitative estimate of drug-likeness (QED) is 0.820. The van der Waals surface area contributed by atoms with Gasteiger partial charge in [-0.2, -0.15) is 5.26 Å². The predicted octanol–water partition coefficient (Wildman–Crippen LogP) is 3.86. The molecule has 1 aliphatic heterocycles. The van der Waals surface area contributed by atoms with Gasteiger partial charge in [-0.15, -0.1) is 11.8 Å². The molecule has 1 aliphatic rings. The van der Waals surface area contributed by atoms with Crippen molar-refractivity contribution in [3.05, 3.63) is 48.0 Å². The number of methoxy groups -OCH3 is 1. The van der Waals surface area contributed by atoms with E-state index in [2.05, 4.69) is 13.0 Å². The van der Waals surface area contributed by atoms with Gasteiger partial charge in [-0.3, -0.25) is 4.79 Å². The van der Waals surface area contributed by atoms with Crippen LogP contribution in [-0.2, 0) is 4.79 Å². The van der Waals surface area contributed by atoms with Gasteiger partial charge in [0, 0.05) is 22.8 Å². The van der Waals surface area contributed by atoms with E-state index in [1.165, 1.54) is 7.11 Å². The molecule has 3 rings (SSSR count). The molecule has 134 valence electrons. The maximum absolute atomic E-state index is 12.8. The van der Waals surface area contributed by atoms with Crippen LogP contribution in [0.4, 0.5) is 5.69 Å². The van der Waals surface area contributed by atoms with E-state index < -0.39 is 0 Å². The molecule has 0 radical (unpaired) electrons. The van der Waals surface area contributed by atoms with Gasteiger partial charge in [0.15, 0.2) is 18.1 Å². The Morgan fingerprint density at radius 3 is 2.88 bits per heavy atom. The summed E-state index contributed by atoms with van der Waals surface area (Å²) in [4.78, 5) is 15.7. The molecule has 0 fully saturated rings. The lowest BCUT2D eigenvalue weighted by atomic mass is 10.2. The zero-order chi connectivity index (χ0) is 18.5. The molecule has 1 amide bonds. The monoisotopic (exact) mass is 368 g/mol. The Hall–Kier alpha value is -2.65. The van der Waals surface area contributed by atoms with Crippen LogP contribution in [0.2, 0.25) is 0 Å². The number of carbonyl (C=O) groups excluding carboxylic acids is 1. The molecule has 0 N–H and O–H groups in total. The highest BCUT2D eigenvalue weighted by Crippen LogP contribution is 2.37. The molecule has 0 spiro atoms. The third-order valence-corrected chi connectivity index (χ3v) is 5.43. The second kappa shape index (κ2) is 8.15. The van der Waals surface area contributed by atoms with Crippen LogP contribution in [0.1, 0.15) is 18.9 Å². The van der Waals surface area contributed by atoms with E-state index in [-0.39, 0.29) is 12.5 Å². The highest BCUT2D eigenvalue weighted by molar-refractivity contribution is 8.00. The molecule has 2 aromatic rings. The van der Waals surface area contributed by atoms with E-state index in [9.17, 15) is 4.79 Å². The molecule has 5 nitrogen and oxygen atoms in total. The summed E-state index contributed by atoms with van der Waals surface area (Å²) >= 11 is 1.79. The Labute approximate surface area is 157 Å². The largest absolute Gasteiger partial charge is 0.493 e. The van der Waals surface area contributed by atoms with Crippen molar-refractivity contribution in [3.63, 3.8) is 0 Å². The fraction of sp³-hybridized carbons (Fsp3) is 0.300. The number of nitrogens with zero attached hydrogens (tertiary/aromatic N) is 2. The smallest absolute Gasteiger partial charge is 0.264 e. The first kappa shape index (κ1) is 18.2. The summed E-state index contributed by atoms with van der Waals surface area (Å²) in [5, 5.41) is 9.42. The van der Waals surface area contributed by atoms with Crippen LogP contribution in [0.15, 0.2) is 47.4 Å². The van der Waals surface area contributed by atoms with Crippen LogP contribution in [0.25, 0.3) is 0 Å². The number of nitriles is 1. The average Bonchev–Trinajstić information content (AvgIpc) is 2.84. The fourth-order valence-corrected chi connectivity index (χ4v) is 3.93. The van der Waals surface area contributed by atoms with Crippen molar-refractivity contribution in [2.24, 2.45) is 0 Å². The summed E-state index contributed by atoms with van der Waals surface area (Å²) in [5.41, 5.74) is 1.41. The summed E-state index contributed by atoms with van der Waals surface area (Å²) in [6.45, 7) is 2.75. The van der Waals surface area contributed by atoms with E-state index >= 15 is 0 Å². The summed E-state index contributed by atoms with van der Waals surface area (Å²) < 4.78 is 10.9. The van der Waals surface area contributed by atoms with Crippen LogP contribution >= 0.6 is 11.8 Å². The minimum Gasteiger partial charge on any atom is -0.493 e. The number of fused-ring (bicyclic) bond motifs is 1. The van der Waals surface area contributed by atoms with Gasteiger partial charge < -0.3 is 14.4 Å². The van der Waals surface area contributed by atoms with Gasteiger partial charge in [0.25, 0.3) is 5.91 Å². The highest BCUT2D eigenvalue weighted by Gasteiger charge is 2.24. The van der Waals surface area contributed by atoms with Gasteiger partial charge in [-0.1, -0.05) is 19.1 Å². The third-order valence-electron chi connectivity index (χ3n) is 4.19. The van der Waals surface area contributed by atoms with Crippen molar-refractivity contribution in [1.82, 2.24) is 0 Å². The molecular weight excluding hydrogens is 348 g/mol. The highest BCUT2D eigenvalue weighted by atomic mass is 32.2. The predicted molar refractivity (Wildman–Crippen MR) is 102 cm³/mol. The van der Waals surface area contributed by atoms with Crippen LogP contribution < -0.4 is 14.4 Å². The topological polar surface area (TPSA) is 62.6 Å². The summed E-state index contributed by atoms with van der Waals surface area (Å²) in [6.07, 6.45) is 0.922. The average molecular weight is 368 g/mol. The molecule has 2 aromatic carbocycles. The van der Waals surface area contributed by atoms with Crippen molar-refractivity contribution < 1.29 is 14.3 Å². The minimum atomic E-state index is -0.0986. The van der Waals surface area contributed by atoms with Crippen molar-refractivity contribution in [2.45, 2.75) is 23.5 Å². The van der Waals surface area contributed by atoms with E-state index in [0.717, 1.165) is 17.0 Å². The molecule has 1 heterocycles. The van der Waals surface area contributed by atoms with Crippen molar-refractivity contribution in [3.8, 4) is 17.6 Å². The first-order chi connectivity index (χ1) is 12.6. The lowest BCUT2D eigenvalue weighted by molar-refractivity contribution is -0.120. The zero-order valence-electron chi connectivity index (χ0n) is 14.8. The van der Waals surface area contributed by atoms with Crippen LogP contribution in [0.5, 0.6) is 11.5 Å². The van der Waals surface area contributed by atoms with Crippen LogP contribution in [0, 0.1) is 11.3 Å². The van der Waals surface area contributed by atoms with Gasteiger partial charge in [-0.25, -0.2) is 0 Å². The summed E-state index contributed by atoms with van der Waals surface area (Å²) in [6, 6.07) is 14.9. The molecule has 0 bridgehead atoms. The molecule has 1 atom stereocenters. The van der Waals surface area contributed by atoms with Crippen molar-refractivity contribution in [1.29, 1.82) is 5.26 Å². The maximum atomic E-state index is 12.8. The molecule has 26 heavy (non-hydrogen) atoms. The van der Waals surface area contributed by atoms with Crippen molar-refractivity contribution >= 4 is 23.4 Å². The summed E-state index contributed by atoms with van der Waals surface area (Å²) in [7, 11) is 1.51. The summed E-state index contributed by atoms with van der Waals surface area (Å²) in [5.74, 6) is 0.793. The Morgan fingerprint density at radius 2 is 2.12 bits per heavy atom. The number of para-hydroxylation sites is 1. The van der Waals surface area contributed by atoms with Crippen molar-refractivity contribution in [2.75, 3.05) is 25.2 Å². The molecule has 0 unspecified atom stereocenters. The SMILES string of the molecule is COc1cc(C#N)ccc1OCC(=O)N1CC[C@@H](C)Sc2ccccc21. The molecule has 0 saturated carbocycles. The number of carbonyl (C=O) groups is 1. The lowest BCUT2D eigenvalue weighted by Gasteiger charge is -2.22. The number of rotatable bonds is 4. The normalized spacial score (nSPS) is 16.2. The maximum Gasteiger partial charge on any atom is 0.264 e. The van der Waals surface area contributed by atoms with Gasteiger partial charge in [0.1, 0.15) is 0 Å². The molecule has 0 aromatic heterocycles. The molecule has 0 aliphatic carbocycles. The Morgan fingerprint density at radius 1 is 1.31 bits per heavy atom. The number of amides is 1. The molecular formula is C20H20N2O3S. The standard InChI is InChI=1S/C20H20N2O3S/c1-14-9-10-22(16-5-3-4-6-19(16)26-14)20(23)13-25-17-8-7-15(12-21)11-18(17)24-2/h3-8,11,14H,9-10,13H2,1-2H3/t14-/m1/s1. The molecule has 6 heteroatoms. The Bertz CT molecular complexity index is 847. The number of anilines is 1. The van der Waals surface area contributed by atoms with E-state index in [4.69, 9.17) is 14.7 Å². The zero-order valence-corrected chi connectivity index (χ0v) is 15.6. The van der Waals surface area contributed by atoms with Gasteiger partial charge in [0.2, 0.25) is 0 Å². The van der Waals surface area contributed by atoms with Crippen LogP contribution in [-0.4, -0.2) is 31.4 Å². The molecule has 0 saturated heterocycles. The number of hydrogen-bond acceptors (Lipinski definition) is 5. The number of benzene rings is 2. The van der Waals surface area contributed by atoms with Crippen LogP contribution in [0.3, 0.4) is 0 Å². The Balaban J connectivity index is 1.76. The first-order valence-corrected chi connectivity index (χ1v) is 9.27. The number of hydrogen-bond donors (Lipinski definition) is 0.